The number of rotatable bonds is 7. The number of hydrogen-bond donors (Lipinski definition) is 0. The summed E-state index contributed by atoms with van der Waals surface area (Å²) in [5.74, 6) is -3.93. The van der Waals surface area contributed by atoms with E-state index in [0.29, 0.717) is 18.9 Å². The second-order valence-corrected chi connectivity index (χ2v) is 10.0. The van der Waals surface area contributed by atoms with E-state index in [2.05, 4.69) is 0 Å². The molecule has 0 aromatic heterocycles. The van der Waals surface area contributed by atoms with E-state index in [-0.39, 0.29) is 30.6 Å². The lowest BCUT2D eigenvalue weighted by Gasteiger charge is -2.48. The Morgan fingerprint density at radius 3 is 2.30 bits per heavy atom. The van der Waals surface area contributed by atoms with E-state index in [4.69, 9.17) is 25.8 Å². The molecule has 2 aliphatic heterocycles. The van der Waals surface area contributed by atoms with Crippen LogP contribution in [-0.2, 0) is 28.6 Å². The minimum atomic E-state index is -2.27. The number of nitro benzene ring substituents is 2. The van der Waals surface area contributed by atoms with Crippen LogP contribution in [0.3, 0.4) is 0 Å². The third kappa shape index (κ3) is 4.62. The number of carbonyl (C=O) groups is 4. The van der Waals surface area contributed by atoms with Gasteiger partial charge >= 0.3 is 11.9 Å². The highest BCUT2D eigenvalue weighted by Gasteiger charge is 2.61. The first-order valence-corrected chi connectivity index (χ1v) is 12.6. The van der Waals surface area contributed by atoms with E-state index < -0.39 is 72.8 Å². The molecule has 40 heavy (non-hydrogen) atoms. The van der Waals surface area contributed by atoms with Crippen LogP contribution in [0.2, 0.25) is 0 Å². The quantitative estimate of drug-likeness (QED) is 0.200. The molecule has 0 radical (unpaired) electrons. The molecule has 1 spiro atoms. The van der Waals surface area contributed by atoms with Gasteiger partial charge in [0.15, 0.2) is 11.8 Å². The molecule has 1 saturated heterocycles. The normalized spacial score (nSPS) is 25.9. The van der Waals surface area contributed by atoms with Crippen LogP contribution in [0.1, 0.15) is 49.9 Å². The van der Waals surface area contributed by atoms with Gasteiger partial charge in [0, 0.05) is 56.0 Å². The molecule has 1 aliphatic carbocycles. The maximum atomic E-state index is 13.6. The smallest absolute Gasteiger partial charge is 0.339 e. The average molecular weight is 578 g/mol. The van der Waals surface area contributed by atoms with Crippen molar-refractivity contribution < 1.29 is 43.2 Å². The highest BCUT2D eigenvalue weighted by molar-refractivity contribution is 6.49. The number of Topliss-reactive ketones (excluding diaryl/α,β-unsaturated/α-hetero) is 2. The number of esters is 2. The monoisotopic (exact) mass is 577 g/mol. The average Bonchev–Trinajstić information content (AvgIpc) is 3.39. The summed E-state index contributed by atoms with van der Waals surface area (Å²) >= 11 is 6.52. The predicted molar refractivity (Wildman–Crippen MR) is 135 cm³/mol. The molecular formula is C25H24ClN3O11. The molecule has 14 nitrogen and oxygen atoms in total. The lowest BCUT2D eigenvalue weighted by molar-refractivity contribution is -0.394. The fourth-order valence-corrected chi connectivity index (χ4v) is 5.37. The molecule has 0 N–H and O–H groups in total. The molecule has 3 atom stereocenters. The number of non-ortho nitro benzene ring substituents is 2. The summed E-state index contributed by atoms with van der Waals surface area (Å²) in [6.07, 6.45) is 0.984. The zero-order valence-corrected chi connectivity index (χ0v) is 22.4. The first-order chi connectivity index (χ1) is 18.8. The summed E-state index contributed by atoms with van der Waals surface area (Å²) in [7, 11) is 1.55. The van der Waals surface area contributed by atoms with Crippen molar-refractivity contribution in [1.82, 2.24) is 4.90 Å². The lowest BCUT2D eigenvalue weighted by atomic mass is 9.74. The van der Waals surface area contributed by atoms with Crippen LogP contribution in [0, 0.1) is 20.2 Å². The van der Waals surface area contributed by atoms with Crippen molar-refractivity contribution in [1.29, 1.82) is 0 Å². The number of fused-ring (bicyclic) bond motifs is 1. The summed E-state index contributed by atoms with van der Waals surface area (Å²) < 4.78 is 17.0. The Kier molecular flexibility index (Phi) is 7.51. The minimum absolute atomic E-state index is 0.0458. The summed E-state index contributed by atoms with van der Waals surface area (Å²) in [6, 6.07) is 2.29. The summed E-state index contributed by atoms with van der Waals surface area (Å²) in [6.45, 7) is 3.07. The molecule has 1 fully saturated rings. The van der Waals surface area contributed by atoms with Crippen molar-refractivity contribution >= 4 is 46.5 Å². The van der Waals surface area contributed by atoms with Crippen LogP contribution in [-0.4, -0.2) is 69.3 Å². The third-order valence-corrected chi connectivity index (χ3v) is 7.39. The van der Waals surface area contributed by atoms with Crippen LogP contribution in [0.15, 0.2) is 40.6 Å². The first-order valence-electron chi connectivity index (χ1n) is 12.2. The zero-order chi connectivity index (χ0) is 29.6. The van der Waals surface area contributed by atoms with Crippen molar-refractivity contribution in [3.8, 4) is 0 Å². The molecule has 212 valence electrons. The van der Waals surface area contributed by atoms with Gasteiger partial charge in [-0.05, 0) is 19.8 Å². The van der Waals surface area contributed by atoms with Crippen molar-refractivity contribution in [3.63, 3.8) is 0 Å². The third-order valence-electron chi connectivity index (χ3n) is 7.02. The number of ketones is 2. The van der Waals surface area contributed by atoms with Gasteiger partial charge in [-0.15, -0.1) is 0 Å². The van der Waals surface area contributed by atoms with Gasteiger partial charge in [0.25, 0.3) is 11.4 Å². The van der Waals surface area contributed by atoms with Gasteiger partial charge in [0.2, 0.25) is 17.2 Å². The van der Waals surface area contributed by atoms with Gasteiger partial charge in [0.1, 0.15) is 0 Å². The highest BCUT2D eigenvalue weighted by Crippen LogP contribution is 2.48. The molecule has 0 saturated carbocycles. The number of carbonyl (C=O) groups excluding carboxylic acids is 4. The van der Waals surface area contributed by atoms with E-state index in [1.807, 2.05) is 0 Å². The van der Waals surface area contributed by atoms with Crippen LogP contribution >= 0.6 is 11.6 Å². The largest absolute Gasteiger partial charge is 0.449 e. The fourth-order valence-electron chi connectivity index (χ4n) is 4.99. The maximum Gasteiger partial charge on any atom is 0.339 e. The fraction of sp³-hybridized carbons (Fsp3) is 0.440. The predicted octanol–water partition coefficient (Wildman–Crippen LogP) is 3.11. The Balaban J connectivity index is 1.83. The second kappa shape index (κ2) is 10.4. The van der Waals surface area contributed by atoms with Gasteiger partial charge in [-0.25, -0.2) is 4.79 Å². The Labute approximate surface area is 231 Å². The maximum absolute atomic E-state index is 13.6. The van der Waals surface area contributed by atoms with Gasteiger partial charge in [0.05, 0.1) is 26.5 Å². The molecular weight excluding hydrogens is 554 g/mol. The molecule has 2 heterocycles. The number of benzene rings is 1. The van der Waals surface area contributed by atoms with E-state index in [1.54, 1.807) is 14.0 Å². The van der Waals surface area contributed by atoms with Gasteiger partial charge in [-0.2, -0.15) is 0 Å². The number of likely N-dealkylation sites (N-methyl/N-ethyl adjacent to an activating group) is 1. The highest BCUT2D eigenvalue weighted by atomic mass is 35.5. The topological polar surface area (TPSA) is 185 Å². The van der Waals surface area contributed by atoms with E-state index >= 15 is 0 Å². The van der Waals surface area contributed by atoms with Crippen molar-refractivity contribution in [3.05, 3.63) is 66.4 Å². The Bertz CT molecular complexity index is 1380. The van der Waals surface area contributed by atoms with E-state index in [9.17, 15) is 39.4 Å². The van der Waals surface area contributed by atoms with Crippen molar-refractivity contribution in [2.45, 2.75) is 57.0 Å². The minimum Gasteiger partial charge on any atom is -0.449 e. The van der Waals surface area contributed by atoms with Gasteiger partial charge in [-0.1, -0.05) is 18.5 Å². The van der Waals surface area contributed by atoms with Crippen LogP contribution < -0.4 is 0 Å². The zero-order valence-electron chi connectivity index (χ0n) is 21.6. The molecule has 3 aliphatic rings. The van der Waals surface area contributed by atoms with Crippen LogP contribution in [0.5, 0.6) is 0 Å². The molecule has 1 aromatic rings. The lowest BCUT2D eigenvalue weighted by Crippen LogP contribution is -2.62. The second-order valence-electron chi connectivity index (χ2n) is 9.63. The van der Waals surface area contributed by atoms with Crippen LogP contribution in [0.4, 0.5) is 11.4 Å². The van der Waals surface area contributed by atoms with Crippen molar-refractivity contribution in [2.75, 3.05) is 13.7 Å². The van der Waals surface area contributed by atoms with E-state index in [0.717, 1.165) is 19.1 Å². The number of halogens is 1. The molecule has 0 bridgehead atoms. The SMILES string of the molecule is CCCC(=O)O[C@@]1(C)C(=O)C2=CN(C)[C@]3(CCCO3)[C@H](OC(=O)c3cc([N+](=O)[O-])cc([N+](=O)[O-])c3)C2=C(Cl)C1=O. The molecule has 4 rings (SSSR count). The Morgan fingerprint density at radius 1 is 1.15 bits per heavy atom. The number of hydrogen-bond acceptors (Lipinski definition) is 12. The Morgan fingerprint density at radius 2 is 1.77 bits per heavy atom. The molecule has 1 aromatic carbocycles. The number of ether oxygens (including phenoxy) is 3. The first kappa shape index (κ1) is 28.8. The van der Waals surface area contributed by atoms with Crippen molar-refractivity contribution in [2.24, 2.45) is 0 Å². The Hall–Kier alpha value is -4.17. The summed E-state index contributed by atoms with van der Waals surface area (Å²) in [5.41, 5.74) is -6.00. The number of nitro groups is 2. The number of nitrogens with zero attached hydrogens (tertiary/aromatic N) is 3. The molecule has 0 unspecified atom stereocenters. The summed E-state index contributed by atoms with van der Waals surface area (Å²) in [4.78, 5) is 75.0. The molecule has 0 amide bonds. The summed E-state index contributed by atoms with van der Waals surface area (Å²) in [5, 5.41) is 22.1. The molecule has 15 heteroatoms. The van der Waals surface area contributed by atoms with Gasteiger partial charge < -0.3 is 19.1 Å². The standard InChI is InChI=1S/C25H24ClN3O11/c1-4-6-17(30)40-24(2)20(31)16-12-27(3)25(7-5-8-38-25)22(18(16)19(26)21(24)32)39-23(33)13-9-14(28(34)35)11-15(10-13)29(36)37/h9-12,22H,4-8H2,1-3H3/t22-,24+,25+/m1/s1. The van der Waals surface area contributed by atoms with E-state index in [1.165, 1.54) is 11.1 Å². The van der Waals surface area contributed by atoms with Crippen LogP contribution in [0.25, 0.3) is 0 Å². The van der Waals surface area contributed by atoms with Gasteiger partial charge in [-0.3, -0.25) is 34.6 Å².